The third-order valence-electron chi connectivity index (χ3n) is 8.17. The summed E-state index contributed by atoms with van der Waals surface area (Å²) in [4.78, 5) is 21.9. The van der Waals surface area contributed by atoms with Crippen molar-refractivity contribution in [3.8, 4) is 11.1 Å². The molecule has 2 unspecified atom stereocenters. The summed E-state index contributed by atoms with van der Waals surface area (Å²) in [6, 6.07) is 13.5. The fourth-order valence-corrected chi connectivity index (χ4v) is 6.74. The van der Waals surface area contributed by atoms with Crippen LogP contribution in [0.3, 0.4) is 0 Å². The zero-order valence-electron chi connectivity index (χ0n) is 20.7. The van der Waals surface area contributed by atoms with Crippen LogP contribution in [0, 0.1) is 17.7 Å². The van der Waals surface area contributed by atoms with E-state index in [-0.39, 0.29) is 11.7 Å². The molecular weight excluding hydrogens is 469 g/mol. The summed E-state index contributed by atoms with van der Waals surface area (Å²) in [5.41, 5.74) is 3.45. The molecule has 1 amide bonds. The average Bonchev–Trinajstić information content (AvgIpc) is 3.55. The Bertz CT molecular complexity index is 1210. The first-order valence-electron chi connectivity index (χ1n) is 13.4. The molecule has 2 atom stereocenters. The van der Waals surface area contributed by atoms with Crippen LogP contribution in [0.1, 0.15) is 61.4 Å². The van der Waals surface area contributed by atoms with E-state index < -0.39 is 0 Å². The minimum atomic E-state index is -0.167. The number of amides is 1. The van der Waals surface area contributed by atoms with Gasteiger partial charge in [-0.15, -0.1) is 11.3 Å². The molecular formula is C30H34FN3OS. The summed E-state index contributed by atoms with van der Waals surface area (Å²) in [6.45, 7) is 3.98. The third kappa shape index (κ3) is 5.40. The minimum absolute atomic E-state index is 0.167. The summed E-state index contributed by atoms with van der Waals surface area (Å²) in [7, 11) is 0. The molecule has 4 nitrogen and oxygen atoms in total. The Morgan fingerprint density at radius 1 is 1.03 bits per heavy atom. The van der Waals surface area contributed by atoms with Gasteiger partial charge in [-0.3, -0.25) is 9.69 Å². The van der Waals surface area contributed by atoms with E-state index in [9.17, 15) is 9.18 Å². The fraction of sp³-hybridized carbons (Fsp3) is 0.467. The molecule has 1 aromatic heterocycles. The molecule has 2 aromatic carbocycles. The molecule has 0 N–H and O–H groups in total. The number of nitrogens with zero attached hydrogens (tertiary/aromatic N) is 3. The van der Waals surface area contributed by atoms with Crippen LogP contribution in [-0.4, -0.2) is 35.4 Å². The lowest BCUT2D eigenvalue weighted by Crippen LogP contribution is -2.25. The van der Waals surface area contributed by atoms with E-state index in [1.54, 1.807) is 17.4 Å². The predicted molar refractivity (Wildman–Crippen MR) is 144 cm³/mol. The molecule has 0 radical (unpaired) electrons. The van der Waals surface area contributed by atoms with Gasteiger partial charge >= 0.3 is 0 Å². The van der Waals surface area contributed by atoms with Gasteiger partial charge in [0, 0.05) is 35.8 Å². The van der Waals surface area contributed by atoms with Crippen LogP contribution in [0.2, 0.25) is 0 Å². The normalized spacial score (nSPS) is 23.2. The van der Waals surface area contributed by atoms with Crippen LogP contribution in [-0.2, 0) is 11.3 Å². The molecule has 1 aliphatic carbocycles. The van der Waals surface area contributed by atoms with Crippen LogP contribution in [0.15, 0.2) is 54.0 Å². The number of thiazole rings is 1. The number of hydrogen-bond donors (Lipinski definition) is 0. The van der Waals surface area contributed by atoms with Gasteiger partial charge < -0.3 is 4.90 Å². The molecule has 6 rings (SSSR count). The van der Waals surface area contributed by atoms with Crippen molar-refractivity contribution < 1.29 is 9.18 Å². The highest BCUT2D eigenvalue weighted by atomic mass is 32.1. The number of rotatable bonds is 7. The molecule has 3 aromatic rings. The number of likely N-dealkylation sites (tertiary alicyclic amines) is 1. The molecule has 0 bridgehead atoms. The van der Waals surface area contributed by atoms with Crippen molar-refractivity contribution in [2.24, 2.45) is 11.8 Å². The highest BCUT2D eigenvalue weighted by Gasteiger charge is 2.33. The number of halogens is 1. The van der Waals surface area contributed by atoms with Crippen molar-refractivity contribution in [3.05, 3.63) is 70.4 Å². The van der Waals surface area contributed by atoms with Crippen LogP contribution in [0.5, 0.6) is 0 Å². The van der Waals surface area contributed by atoms with Crippen molar-refractivity contribution in [1.82, 2.24) is 9.88 Å². The topological polar surface area (TPSA) is 36.4 Å². The molecule has 2 saturated heterocycles. The van der Waals surface area contributed by atoms with Gasteiger partial charge in [-0.1, -0.05) is 24.3 Å². The zero-order chi connectivity index (χ0) is 24.5. The predicted octanol–water partition coefficient (Wildman–Crippen LogP) is 6.87. The van der Waals surface area contributed by atoms with E-state index in [4.69, 9.17) is 0 Å². The number of aromatic nitrogens is 1. The Hall–Kier alpha value is -2.57. The van der Waals surface area contributed by atoms with Gasteiger partial charge in [-0.25, -0.2) is 9.37 Å². The zero-order valence-corrected chi connectivity index (χ0v) is 21.6. The van der Waals surface area contributed by atoms with Crippen molar-refractivity contribution in [1.29, 1.82) is 0 Å². The quantitative estimate of drug-likeness (QED) is 0.353. The van der Waals surface area contributed by atoms with Crippen molar-refractivity contribution in [2.45, 2.75) is 57.4 Å². The molecule has 2 aliphatic heterocycles. The van der Waals surface area contributed by atoms with Gasteiger partial charge in [0.15, 0.2) is 0 Å². The molecule has 0 spiro atoms. The Labute approximate surface area is 217 Å². The van der Waals surface area contributed by atoms with Crippen LogP contribution >= 0.6 is 11.3 Å². The Kier molecular flexibility index (Phi) is 6.89. The van der Waals surface area contributed by atoms with Crippen LogP contribution < -0.4 is 4.90 Å². The molecule has 188 valence electrons. The Morgan fingerprint density at radius 2 is 1.94 bits per heavy atom. The average molecular weight is 504 g/mol. The first-order valence-corrected chi connectivity index (χ1v) is 14.3. The van der Waals surface area contributed by atoms with Crippen molar-refractivity contribution in [2.75, 3.05) is 24.5 Å². The summed E-state index contributed by atoms with van der Waals surface area (Å²) >= 11 is 1.74. The maximum absolute atomic E-state index is 14.9. The highest BCUT2D eigenvalue weighted by Crippen LogP contribution is 2.41. The Balaban J connectivity index is 1.08. The second-order valence-electron chi connectivity index (χ2n) is 10.9. The van der Waals surface area contributed by atoms with E-state index in [0.717, 1.165) is 62.3 Å². The Morgan fingerprint density at radius 3 is 2.75 bits per heavy atom. The number of hydrogen-bond acceptors (Lipinski definition) is 4. The number of carbonyl (C=O) groups excluding carboxylic acids is 1. The first-order chi connectivity index (χ1) is 17.6. The van der Waals surface area contributed by atoms with E-state index in [1.807, 2.05) is 41.4 Å². The minimum Gasteiger partial charge on any atom is -0.312 e. The molecule has 6 heteroatoms. The number of anilines is 1. The van der Waals surface area contributed by atoms with E-state index in [1.165, 1.54) is 24.3 Å². The standard InChI is InChI=1S/C30H34FN3OS/c31-28-18-24(23-6-7-23)8-9-27(28)25-4-1-5-26(17-25)34-19-22(16-30(34)35)15-21-3-2-12-33(13-10-21)20-29-32-11-14-36-29/h1,4-5,8-9,11,14,17-18,21-23H,2-3,6-7,10,12-13,15-16,19-20H2. The lowest BCUT2D eigenvalue weighted by atomic mass is 9.89. The largest absolute Gasteiger partial charge is 0.312 e. The molecule has 3 fully saturated rings. The monoisotopic (exact) mass is 503 g/mol. The van der Waals surface area contributed by atoms with Gasteiger partial charge in [-0.2, -0.15) is 0 Å². The summed E-state index contributed by atoms with van der Waals surface area (Å²) in [5.74, 6) is 1.63. The molecule has 1 saturated carbocycles. The van der Waals surface area contributed by atoms with Crippen molar-refractivity contribution >= 4 is 22.9 Å². The van der Waals surface area contributed by atoms with Gasteiger partial charge in [0.25, 0.3) is 0 Å². The molecule has 36 heavy (non-hydrogen) atoms. The fourth-order valence-electron chi connectivity index (χ4n) is 6.08. The summed E-state index contributed by atoms with van der Waals surface area (Å²) < 4.78 is 14.9. The smallest absolute Gasteiger partial charge is 0.227 e. The second kappa shape index (κ2) is 10.4. The molecule has 3 aliphatic rings. The van der Waals surface area contributed by atoms with Crippen LogP contribution in [0.4, 0.5) is 10.1 Å². The first kappa shape index (κ1) is 23.8. The lowest BCUT2D eigenvalue weighted by Gasteiger charge is -2.21. The van der Waals surface area contributed by atoms with E-state index >= 15 is 0 Å². The maximum Gasteiger partial charge on any atom is 0.227 e. The summed E-state index contributed by atoms with van der Waals surface area (Å²) in [5, 5.41) is 3.25. The summed E-state index contributed by atoms with van der Waals surface area (Å²) in [6.07, 6.45) is 9.61. The van der Waals surface area contributed by atoms with Gasteiger partial charge in [0.05, 0.1) is 6.54 Å². The lowest BCUT2D eigenvalue weighted by molar-refractivity contribution is -0.117. The molecule has 3 heterocycles. The second-order valence-corrected chi connectivity index (χ2v) is 11.9. The SMILES string of the molecule is O=C1CC(CC2CCCN(Cc3nccs3)CC2)CN1c1cccc(-c2ccc(C3CC3)cc2F)c1. The highest BCUT2D eigenvalue weighted by molar-refractivity contribution is 7.09. The van der Waals surface area contributed by atoms with Gasteiger partial charge in [0.1, 0.15) is 10.8 Å². The number of carbonyl (C=O) groups is 1. The van der Waals surface area contributed by atoms with E-state index in [0.29, 0.717) is 29.7 Å². The van der Waals surface area contributed by atoms with Gasteiger partial charge in [0.2, 0.25) is 5.91 Å². The third-order valence-corrected chi connectivity index (χ3v) is 8.93. The number of benzene rings is 2. The van der Waals surface area contributed by atoms with Crippen LogP contribution in [0.25, 0.3) is 11.1 Å². The van der Waals surface area contributed by atoms with Gasteiger partial charge in [-0.05, 0) is 98.7 Å². The maximum atomic E-state index is 14.9. The van der Waals surface area contributed by atoms with Crippen molar-refractivity contribution in [3.63, 3.8) is 0 Å². The van der Waals surface area contributed by atoms with E-state index in [2.05, 4.69) is 21.3 Å².